The Morgan fingerprint density at radius 2 is 2.25 bits per heavy atom. The Morgan fingerprint density at radius 3 is 2.75 bits per heavy atom. The van der Waals surface area contributed by atoms with Gasteiger partial charge in [-0.05, 0) is 37.1 Å². The summed E-state index contributed by atoms with van der Waals surface area (Å²) in [5.41, 5.74) is 7.13. The zero-order valence-corrected chi connectivity index (χ0v) is 12.0. The van der Waals surface area contributed by atoms with Crippen LogP contribution in [0, 0.1) is 12.8 Å². The second kappa shape index (κ2) is 7.37. The third-order valence-electron chi connectivity index (χ3n) is 3.06. The molecule has 0 aromatic heterocycles. The van der Waals surface area contributed by atoms with Crippen LogP contribution in [0.2, 0.25) is 0 Å². The maximum absolute atomic E-state index is 12.2. The van der Waals surface area contributed by atoms with Crippen molar-refractivity contribution in [2.24, 2.45) is 16.8 Å². The van der Waals surface area contributed by atoms with E-state index in [4.69, 9.17) is 15.7 Å². The minimum absolute atomic E-state index is 0.0736. The number of rotatable bonds is 6. The van der Waals surface area contributed by atoms with Crippen LogP contribution in [0.4, 0.5) is 5.69 Å². The van der Waals surface area contributed by atoms with E-state index in [1.807, 2.05) is 19.9 Å². The molecule has 0 aliphatic rings. The van der Waals surface area contributed by atoms with Gasteiger partial charge in [0, 0.05) is 5.69 Å². The molecule has 1 amide bonds. The Morgan fingerprint density at radius 1 is 1.55 bits per heavy atom. The Bertz CT molecular complexity index is 500. The number of nitrogens with zero attached hydrogens (tertiary/aromatic N) is 1. The monoisotopic (exact) mass is 279 g/mol. The average molecular weight is 279 g/mol. The number of benzene rings is 1. The molecular formula is C14H21N3O3. The highest BCUT2D eigenvalue weighted by Gasteiger charge is 2.22. The first kappa shape index (κ1) is 15.8. The molecule has 1 aromatic rings. The molecular weight excluding hydrogens is 258 g/mol. The molecule has 6 nitrogen and oxygen atoms in total. The van der Waals surface area contributed by atoms with Gasteiger partial charge in [-0.15, -0.1) is 0 Å². The van der Waals surface area contributed by atoms with Crippen LogP contribution in [-0.4, -0.2) is 24.1 Å². The molecule has 0 radical (unpaired) electrons. The van der Waals surface area contributed by atoms with Gasteiger partial charge in [0.2, 0.25) is 5.91 Å². The van der Waals surface area contributed by atoms with E-state index in [0.29, 0.717) is 12.1 Å². The molecule has 1 unspecified atom stereocenters. The number of nitrogens with two attached hydrogens (primary N) is 1. The van der Waals surface area contributed by atoms with Gasteiger partial charge in [-0.3, -0.25) is 4.79 Å². The van der Waals surface area contributed by atoms with Crippen molar-refractivity contribution in [1.29, 1.82) is 0 Å². The second-order valence-electron chi connectivity index (χ2n) is 4.54. The van der Waals surface area contributed by atoms with E-state index in [2.05, 4.69) is 10.5 Å². The Hall–Kier alpha value is -2.24. The molecule has 110 valence electrons. The Labute approximate surface area is 118 Å². The molecule has 1 atom stereocenters. The van der Waals surface area contributed by atoms with Crippen LogP contribution in [0.3, 0.4) is 0 Å². The first-order valence-corrected chi connectivity index (χ1v) is 6.46. The summed E-state index contributed by atoms with van der Waals surface area (Å²) in [5.74, 6) is -0.264. The maximum Gasteiger partial charge on any atom is 0.235 e. The van der Waals surface area contributed by atoms with Crippen molar-refractivity contribution in [3.63, 3.8) is 0 Å². The molecule has 0 heterocycles. The molecule has 20 heavy (non-hydrogen) atoms. The van der Waals surface area contributed by atoms with Crippen molar-refractivity contribution in [1.82, 2.24) is 0 Å². The highest BCUT2D eigenvalue weighted by Crippen LogP contribution is 2.22. The van der Waals surface area contributed by atoms with Crippen molar-refractivity contribution in [3.05, 3.63) is 23.8 Å². The van der Waals surface area contributed by atoms with E-state index in [0.717, 1.165) is 17.7 Å². The van der Waals surface area contributed by atoms with Crippen LogP contribution in [0.5, 0.6) is 5.75 Å². The molecule has 0 bridgehead atoms. The lowest BCUT2D eigenvalue weighted by Crippen LogP contribution is -2.34. The number of carbonyl (C=O) groups excluding carboxylic acids is 1. The minimum Gasteiger partial charge on any atom is -0.497 e. The van der Waals surface area contributed by atoms with Gasteiger partial charge in [-0.2, -0.15) is 0 Å². The summed E-state index contributed by atoms with van der Waals surface area (Å²) in [6.45, 7) is 3.81. The fraction of sp³-hybridized carbons (Fsp3) is 0.429. The normalized spacial score (nSPS) is 12.8. The number of hydrogen-bond acceptors (Lipinski definition) is 4. The Kier molecular flexibility index (Phi) is 5.83. The molecule has 0 saturated heterocycles. The Balaban J connectivity index is 2.88. The number of ether oxygens (including phenoxy) is 1. The zero-order valence-electron chi connectivity index (χ0n) is 12.0. The van der Waals surface area contributed by atoms with E-state index in [1.54, 1.807) is 19.2 Å². The molecule has 0 spiro atoms. The first-order chi connectivity index (χ1) is 9.53. The summed E-state index contributed by atoms with van der Waals surface area (Å²) < 4.78 is 5.11. The van der Waals surface area contributed by atoms with Crippen LogP contribution in [-0.2, 0) is 4.79 Å². The third-order valence-corrected chi connectivity index (χ3v) is 3.06. The highest BCUT2D eigenvalue weighted by molar-refractivity contribution is 6.07. The predicted molar refractivity (Wildman–Crippen MR) is 78.2 cm³/mol. The molecule has 4 N–H and O–H groups in total. The lowest BCUT2D eigenvalue weighted by atomic mass is 10.0. The van der Waals surface area contributed by atoms with Crippen molar-refractivity contribution < 1.29 is 14.7 Å². The van der Waals surface area contributed by atoms with Crippen LogP contribution >= 0.6 is 0 Å². The summed E-state index contributed by atoms with van der Waals surface area (Å²) in [5, 5.41) is 14.5. The van der Waals surface area contributed by atoms with Crippen LogP contribution in [0.25, 0.3) is 0 Å². The smallest absolute Gasteiger partial charge is 0.235 e. The van der Waals surface area contributed by atoms with Gasteiger partial charge in [0.25, 0.3) is 0 Å². The van der Waals surface area contributed by atoms with Crippen molar-refractivity contribution in [2.75, 3.05) is 12.4 Å². The average Bonchev–Trinajstić information content (AvgIpc) is 2.45. The summed E-state index contributed by atoms with van der Waals surface area (Å²) >= 11 is 0. The maximum atomic E-state index is 12.2. The predicted octanol–water partition coefficient (Wildman–Crippen LogP) is 2.10. The molecule has 0 aliphatic carbocycles. The molecule has 0 aliphatic heterocycles. The van der Waals surface area contributed by atoms with Gasteiger partial charge in [0.1, 0.15) is 5.75 Å². The molecule has 1 aromatic carbocycles. The van der Waals surface area contributed by atoms with Crippen molar-refractivity contribution >= 4 is 17.4 Å². The van der Waals surface area contributed by atoms with Crippen molar-refractivity contribution in [2.45, 2.75) is 26.7 Å². The number of anilines is 1. The molecule has 6 heteroatoms. The van der Waals surface area contributed by atoms with Gasteiger partial charge < -0.3 is 21.0 Å². The van der Waals surface area contributed by atoms with Gasteiger partial charge in [0.05, 0.1) is 13.0 Å². The second-order valence-corrected chi connectivity index (χ2v) is 4.54. The molecule has 0 saturated carbocycles. The SMILES string of the molecule is CCCC(C(=O)Nc1ccc(OC)cc1C)C(N)=NO. The number of oxime groups is 1. The number of amides is 1. The number of hydrogen-bond donors (Lipinski definition) is 3. The summed E-state index contributed by atoms with van der Waals surface area (Å²) in [6.07, 6.45) is 1.28. The largest absolute Gasteiger partial charge is 0.497 e. The number of nitrogens with one attached hydrogen (secondary N) is 1. The summed E-state index contributed by atoms with van der Waals surface area (Å²) in [7, 11) is 1.59. The van der Waals surface area contributed by atoms with E-state index in [1.165, 1.54) is 0 Å². The zero-order chi connectivity index (χ0) is 15.1. The minimum atomic E-state index is -0.633. The number of carbonyl (C=O) groups is 1. The first-order valence-electron chi connectivity index (χ1n) is 6.46. The number of aryl methyl sites for hydroxylation is 1. The lowest BCUT2D eigenvalue weighted by molar-refractivity contribution is -0.118. The van der Waals surface area contributed by atoms with Crippen LogP contribution < -0.4 is 15.8 Å². The van der Waals surface area contributed by atoms with E-state index < -0.39 is 5.92 Å². The topological polar surface area (TPSA) is 96.9 Å². The lowest BCUT2D eigenvalue weighted by Gasteiger charge is -2.16. The van der Waals surface area contributed by atoms with Gasteiger partial charge in [-0.25, -0.2) is 0 Å². The summed E-state index contributed by atoms with van der Waals surface area (Å²) in [6, 6.07) is 5.36. The fourth-order valence-electron chi connectivity index (χ4n) is 1.89. The van der Waals surface area contributed by atoms with E-state index >= 15 is 0 Å². The van der Waals surface area contributed by atoms with Crippen molar-refractivity contribution in [3.8, 4) is 5.75 Å². The van der Waals surface area contributed by atoms with Gasteiger partial charge in [-0.1, -0.05) is 18.5 Å². The number of methoxy groups -OCH3 is 1. The standard InChI is InChI=1S/C14H21N3O3/c1-4-5-11(13(15)17-19)14(18)16-12-7-6-10(20-3)8-9(12)2/h6-8,11,19H,4-5H2,1-3H3,(H2,15,17)(H,16,18). The highest BCUT2D eigenvalue weighted by atomic mass is 16.5. The van der Waals surface area contributed by atoms with E-state index in [9.17, 15) is 4.79 Å². The summed E-state index contributed by atoms with van der Waals surface area (Å²) in [4.78, 5) is 12.2. The van der Waals surface area contributed by atoms with Crippen LogP contribution in [0.1, 0.15) is 25.3 Å². The molecule has 0 fully saturated rings. The van der Waals surface area contributed by atoms with Gasteiger partial charge in [0.15, 0.2) is 5.84 Å². The quantitative estimate of drug-likeness (QED) is 0.321. The third kappa shape index (κ3) is 3.88. The molecule has 1 rings (SSSR count). The van der Waals surface area contributed by atoms with Crippen LogP contribution in [0.15, 0.2) is 23.4 Å². The van der Waals surface area contributed by atoms with E-state index in [-0.39, 0.29) is 11.7 Å². The number of amidine groups is 1. The fourth-order valence-corrected chi connectivity index (χ4v) is 1.89. The van der Waals surface area contributed by atoms with Gasteiger partial charge >= 0.3 is 0 Å².